The fourth-order valence-corrected chi connectivity index (χ4v) is 5.45. The molecular weight excluding hydrogens is 481 g/mol. The topological polar surface area (TPSA) is 95.6 Å². The minimum Gasteiger partial charge on any atom is -0.351 e. The van der Waals surface area contributed by atoms with Gasteiger partial charge in [0, 0.05) is 25.2 Å². The third-order valence-corrected chi connectivity index (χ3v) is 7.61. The van der Waals surface area contributed by atoms with Crippen molar-refractivity contribution in [3.63, 3.8) is 0 Å². The zero-order chi connectivity index (χ0) is 25.7. The Morgan fingerprint density at radius 2 is 1.72 bits per heavy atom. The lowest BCUT2D eigenvalue weighted by molar-refractivity contribution is -0.123. The van der Waals surface area contributed by atoms with E-state index in [4.69, 9.17) is 0 Å². The molecule has 7 nitrogen and oxygen atoms in total. The van der Waals surface area contributed by atoms with Crippen LogP contribution >= 0.6 is 0 Å². The number of carbonyl (C=O) groups is 2. The average molecular weight is 510 g/mol. The van der Waals surface area contributed by atoms with Gasteiger partial charge < -0.3 is 10.2 Å². The van der Waals surface area contributed by atoms with Crippen molar-refractivity contribution in [1.82, 2.24) is 10.0 Å². The molecule has 0 unspecified atom stereocenters. The van der Waals surface area contributed by atoms with Crippen molar-refractivity contribution in [1.29, 1.82) is 0 Å². The molecule has 4 rings (SSSR count). The lowest BCUT2D eigenvalue weighted by Gasteiger charge is -2.20. The van der Waals surface area contributed by atoms with Crippen LogP contribution in [0, 0.1) is 5.82 Å². The molecule has 0 fully saturated rings. The Hall–Kier alpha value is -3.56. The second-order valence-electron chi connectivity index (χ2n) is 8.65. The molecule has 0 saturated heterocycles. The quantitative estimate of drug-likeness (QED) is 0.463. The smallest absolute Gasteiger partial charge is 0.241 e. The minimum atomic E-state index is -4.04. The molecule has 3 aromatic carbocycles. The van der Waals surface area contributed by atoms with Crippen molar-refractivity contribution >= 4 is 27.5 Å². The number of hydrogen-bond acceptors (Lipinski definition) is 4. The lowest BCUT2D eigenvalue weighted by Crippen LogP contribution is -2.47. The molecule has 0 bridgehead atoms. The van der Waals surface area contributed by atoms with Crippen LogP contribution in [0.1, 0.15) is 30.0 Å². The van der Waals surface area contributed by atoms with Gasteiger partial charge in [-0.2, -0.15) is 4.72 Å². The molecule has 1 aliphatic heterocycles. The van der Waals surface area contributed by atoms with E-state index in [0.717, 1.165) is 16.8 Å². The fraction of sp³-hybridized carbons (Fsp3) is 0.259. The van der Waals surface area contributed by atoms with E-state index in [-0.39, 0.29) is 29.6 Å². The zero-order valence-electron chi connectivity index (χ0n) is 19.9. The second kappa shape index (κ2) is 11.0. The van der Waals surface area contributed by atoms with E-state index in [1.165, 1.54) is 18.2 Å². The third kappa shape index (κ3) is 5.98. The van der Waals surface area contributed by atoms with Crippen LogP contribution in [0.15, 0.2) is 77.7 Å². The molecule has 0 saturated carbocycles. The molecular formula is C27H28FN3O4S. The molecule has 0 radical (unpaired) electrons. The summed E-state index contributed by atoms with van der Waals surface area (Å²) >= 11 is 0. The van der Waals surface area contributed by atoms with Gasteiger partial charge in [0.15, 0.2) is 0 Å². The molecule has 36 heavy (non-hydrogen) atoms. The zero-order valence-corrected chi connectivity index (χ0v) is 20.7. The van der Waals surface area contributed by atoms with Crippen molar-refractivity contribution in [2.24, 2.45) is 0 Å². The molecule has 0 aliphatic carbocycles. The molecule has 0 aromatic heterocycles. The molecule has 1 heterocycles. The summed E-state index contributed by atoms with van der Waals surface area (Å²) in [6, 6.07) is 18.4. The predicted molar refractivity (Wildman–Crippen MR) is 135 cm³/mol. The maximum Gasteiger partial charge on any atom is 0.241 e. The molecule has 1 atom stereocenters. The summed E-state index contributed by atoms with van der Waals surface area (Å²) in [5.74, 6) is -0.882. The fourth-order valence-electron chi connectivity index (χ4n) is 4.20. The Bertz CT molecular complexity index is 1350. The third-order valence-electron chi connectivity index (χ3n) is 6.14. The number of halogens is 1. The number of fused-ring (bicyclic) bond motifs is 1. The monoisotopic (exact) mass is 509 g/mol. The van der Waals surface area contributed by atoms with Crippen LogP contribution in [0.5, 0.6) is 0 Å². The van der Waals surface area contributed by atoms with Crippen molar-refractivity contribution < 1.29 is 22.4 Å². The summed E-state index contributed by atoms with van der Waals surface area (Å²) in [5, 5.41) is 2.75. The van der Waals surface area contributed by atoms with Crippen LogP contribution in [0.2, 0.25) is 0 Å². The first kappa shape index (κ1) is 25.5. The minimum absolute atomic E-state index is 0.0109. The van der Waals surface area contributed by atoms with E-state index in [1.54, 1.807) is 36.1 Å². The number of sulfonamides is 1. The maximum atomic E-state index is 13.3. The first-order valence-corrected chi connectivity index (χ1v) is 13.3. The Balaban J connectivity index is 1.54. The molecule has 0 spiro atoms. The highest BCUT2D eigenvalue weighted by atomic mass is 32.2. The molecule has 188 valence electrons. The van der Waals surface area contributed by atoms with Crippen LogP contribution in [0.4, 0.5) is 10.1 Å². The van der Waals surface area contributed by atoms with Crippen LogP contribution in [-0.4, -0.2) is 32.8 Å². The Kier molecular flexibility index (Phi) is 7.81. The lowest BCUT2D eigenvalue weighted by atomic mass is 10.1. The highest BCUT2D eigenvalue weighted by Gasteiger charge is 2.29. The van der Waals surface area contributed by atoms with Gasteiger partial charge >= 0.3 is 0 Å². The number of hydrogen-bond donors (Lipinski definition) is 2. The summed E-state index contributed by atoms with van der Waals surface area (Å²) < 4.78 is 42.4. The van der Waals surface area contributed by atoms with Crippen molar-refractivity contribution in [3.8, 4) is 0 Å². The van der Waals surface area contributed by atoms with E-state index < -0.39 is 22.0 Å². The summed E-state index contributed by atoms with van der Waals surface area (Å²) in [4.78, 5) is 26.9. The van der Waals surface area contributed by atoms with Gasteiger partial charge in [0.25, 0.3) is 0 Å². The maximum absolute atomic E-state index is 13.3. The number of anilines is 1. The van der Waals surface area contributed by atoms with Crippen LogP contribution < -0.4 is 14.9 Å². The Morgan fingerprint density at radius 1 is 1.00 bits per heavy atom. The van der Waals surface area contributed by atoms with Gasteiger partial charge in [-0.3, -0.25) is 9.59 Å². The van der Waals surface area contributed by atoms with E-state index in [9.17, 15) is 22.4 Å². The number of carbonyl (C=O) groups excluding carboxylic acids is 2. The Labute approximate surface area is 210 Å². The molecule has 2 N–H and O–H groups in total. The van der Waals surface area contributed by atoms with E-state index >= 15 is 0 Å². The van der Waals surface area contributed by atoms with Gasteiger partial charge in [0.05, 0.1) is 4.90 Å². The SMILES string of the molecule is CCC(=O)N1CCc2cc(S(=O)(=O)N[C@H](Cc3ccccc3)C(=O)NCc3ccc(F)cc3)ccc21. The van der Waals surface area contributed by atoms with Gasteiger partial charge in [0.2, 0.25) is 21.8 Å². The summed E-state index contributed by atoms with van der Waals surface area (Å²) in [6.07, 6.45) is 1.09. The van der Waals surface area contributed by atoms with Crippen LogP contribution in [0.25, 0.3) is 0 Å². The van der Waals surface area contributed by atoms with Gasteiger partial charge in [-0.05, 0) is 59.9 Å². The average Bonchev–Trinajstić information content (AvgIpc) is 3.31. The number of amides is 2. The summed E-state index contributed by atoms with van der Waals surface area (Å²) in [7, 11) is -4.04. The van der Waals surface area contributed by atoms with Gasteiger partial charge in [0.1, 0.15) is 11.9 Å². The van der Waals surface area contributed by atoms with Gasteiger partial charge in [-0.15, -0.1) is 0 Å². The molecule has 1 aliphatic rings. The molecule has 3 aromatic rings. The van der Waals surface area contributed by atoms with Crippen LogP contribution in [-0.2, 0) is 39.0 Å². The molecule has 2 amide bonds. The van der Waals surface area contributed by atoms with Gasteiger partial charge in [-0.25, -0.2) is 12.8 Å². The van der Waals surface area contributed by atoms with Crippen LogP contribution in [0.3, 0.4) is 0 Å². The highest BCUT2D eigenvalue weighted by Crippen LogP contribution is 2.30. The first-order valence-electron chi connectivity index (χ1n) is 11.8. The number of nitrogens with one attached hydrogen (secondary N) is 2. The number of benzene rings is 3. The number of rotatable bonds is 9. The standard InChI is InChI=1S/C27H28FN3O4S/c1-2-26(32)31-15-14-21-17-23(12-13-25(21)31)36(34,35)30-24(16-19-6-4-3-5-7-19)27(33)29-18-20-8-10-22(28)11-9-20/h3-13,17,24,30H,2,14-16,18H2,1H3,(H,29,33)/t24-/m1/s1. The second-order valence-corrected chi connectivity index (χ2v) is 10.4. The van der Waals surface area contributed by atoms with Crippen molar-refractivity contribution in [3.05, 3.63) is 95.3 Å². The van der Waals surface area contributed by atoms with E-state index in [1.807, 2.05) is 30.3 Å². The Morgan fingerprint density at radius 3 is 2.42 bits per heavy atom. The normalized spacial score (nSPS) is 13.8. The van der Waals surface area contributed by atoms with E-state index in [2.05, 4.69) is 10.0 Å². The van der Waals surface area contributed by atoms with Crippen molar-refractivity contribution in [2.45, 2.75) is 43.7 Å². The van der Waals surface area contributed by atoms with Gasteiger partial charge in [-0.1, -0.05) is 49.4 Å². The first-order chi connectivity index (χ1) is 17.3. The number of nitrogens with zero attached hydrogens (tertiary/aromatic N) is 1. The summed E-state index contributed by atoms with van der Waals surface area (Å²) in [5.41, 5.74) is 2.99. The largest absolute Gasteiger partial charge is 0.351 e. The molecule has 9 heteroatoms. The summed E-state index contributed by atoms with van der Waals surface area (Å²) in [6.45, 7) is 2.44. The predicted octanol–water partition coefficient (Wildman–Crippen LogP) is 3.33. The highest BCUT2D eigenvalue weighted by molar-refractivity contribution is 7.89. The van der Waals surface area contributed by atoms with E-state index in [0.29, 0.717) is 24.9 Å². The van der Waals surface area contributed by atoms with Crippen molar-refractivity contribution in [2.75, 3.05) is 11.4 Å².